The molecule has 0 spiro atoms. The Kier molecular flexibility index (Phi) is 5.48. The molecule has 1 fully saturated rings. The number of esters is 1. The largest absolute Gasteiger partial charge is 0.505 e. The van der Waals surface area contributed by atoms with Gasteiger partial charge in [-0.1, -0.05) is 23.2 Å². The van der Waals surface area contributed by atoms with E-state index in [0.717, 1.165) is 13.1 Å². The summed E-state index contributed by atoms with van der Waals surface area (Å²) < 4.78 is 10.3. The molecular weight excluding hydrogens is 305 g/mol. The minimum atomic E-state index is -0.678. The van der Waals surface area contributed by atoms with Crippen molar-refractivity contribution in [2.45, 2.75) is 0 Å². The number of benzene rings is 1. The smallest absolute Gasteiger partial charge is 0.343 e. The Morgan fingerprint density at radius 2 is 1.95 bits per heavy atom. The van der Waals surface area contributed by atoms with Gasteiger partial charge >= 0.3 is 5.97 Å². The Morgan fingerprint density at radius 3 is 2.65 bits per heavy atom. The van der Waals surface area contributed by atoms with Gasteiger partial charge in [0.25, 0.3) is 0 Å². The molecule has 2 rings (SSSR count). The van der Waals surface area contributed by atoms with Crippen LogP contribution in [-0.4, -0.2) is 55.4 Å². The summed E-state index contributed by atoms with van der Waals surface area (Å²) in [7, 11) is 0. The van der Waals surface area contributed by atoms with Crippen LogP contribution < -0.4 is 0 Å². The van der Waals surface area contributed by atoms with Gasteiger partial charge in [-0.25, -0.2) is 4.79 Å². The van der Waals surface area contributed by atoms with E-state index in [1.165, 1.54) is 12.1 Å². The molecule has 0 aliphatic carbocycles. The summed E-state index contributed by atoms with van der Waals surface area (Å²) in [5.74, 6) is -1.03. The number of morpholine rings is 1. The lowest BCUT2D eigenvalue weighted by Gasteiger charge is -2.26. The van der Waals surface area contributed by atoms with Crippen LogP contribution in [0.3, 0.4) is 0 Å². The van der Waals surface area contributed by atoms with Crippen molar-refractivity contribution in [2.24, 2.45) is 0 Å². The first-order valence-electron chi connectivity index (χ1n) is 6.24. The molecule has 5 nitrogen and oxygen atoms in total. The third-order valence-electron chi connectivity index (χ3n) is 3.03. The molecule has 0 aromatic heterocycles. The lowest BCUT2D eigenvalue weighted by atomic mass is 10.2. The van der Waals surface area contributed by atoms with Crippen LogP contribution in [0, 0.1) is 0 Å². The zero-order chi connectivity index (χ0) is 14.5. The van der Waals surface area contributed by atoms with Gasteiger partial charge in [0, 0.05) is 19.6 Å². The van der Waals surface area contributed by atoms with Crippen molar-refractivity contribution in [1.29, 1.82) is 0 Å². The second kappa shape index (κ2) is 7.13. The van der Waals surface area contributed by atoms with Crippen LogP contribution in [0.2, 0.25) is 10.0 Å². The van der Waals surface area contributed by atoms with Gasteiger partial charge in [-0.15, -0.1) is 0 Å². The van der Waals surface area contributed by atoms with E-state index >= 15 is 0 Å². The summed E-state index contributed by atoms with van der Waals surface area (Å²) in [6.07, 6.45) is 0. The molecule has 0 bridgehead atoms. The first-order chi connectivity index (χ1) is 9.59. The fourth-order valence-electron chi connectivity index (χ4n) is 1.90. The van der Waals surface area contributed by atoms with Crippen molar-refractivity contribution in [3.8, 4) is 5.75 Å². The highest BCUT2D eigenvalue weighted by molar-refractivity contribution is 6.36. The number of halogens is 2. The van der Waals surface area contributed by atoms with Crippen molar-refractivity contribution in [3.63, 3.8) is 0 Å². The van der Waals surface area contributed by atoms with Gasteiger partial charge in [-0.2, -0.15) is 0 Å². The maximum absolute atomic E-state index is 11.9. The number of carbonyl (C=O) groups is 1. The topological polar surface area (TPSA) is 59.0 Å². The third-order valence-corrected chi connectivity index (χ3v) is 3.65. The highest BCUT2D eigenvalue weighted by atomic mass is 35.5. The average Bonchev–Trinajstić information content (AvgIpc) is 2.44. The molecule has 110 valence electrons. The Morgan fingerprint density at radius 1 is 1.30 bits per heavy atom. The van der Waals surface area contributed by atoms with Crippen LogP contribution in [0.15, 0.2) is 12.1 Å². The number of carbonyl (C=O) groups excluding carboxylic acids is 1. The molecule has 0 unspecified atom stereocenters. The summed E-state index contributed by atoms with van der Waals surface area (Å²) in [4.78, 5) is 14.0. The summed E-state index contributed by atoms with van der Waals surface area (Å²) >= 11 is 11.6. The molecule has 7 heteroatoms. The predicted molar refractivity (Wildman–Crippen MR) is 75.7 cm³/mol. The highest BCUT2D eigenvalue weighted by Crippen LogP contribution is 2.33. The van der Waals surface area contributed by atoms with Gasteiger partial charge in [0.1, 0.15) is 17.9 Å². The van der Waals surface area contributed by atoms with E-state index in [1.54, 1.807) is 0 Å². The number of hydrogen-bond acceptors (Lipinski definition) is 5. The van der Waals surface area contributed by atoms with E-state index in [-0.39, 0.29) is 28.0 Å². The molecule has 0 saturated carbocycles. The molecule has 1 aliphatic rings. The number of rotatable bonds is 4. The van der Waals surface area contributed by atoms with Gasteiger partial charge in [0.15, 0.2) is 0 Å². The number of nitrogens with zero attached hydrogens (tertiary/aromatic N) is 1. The fourth-order valence-corrected chi connectivity index (χ4v) is 2.29. The van der Waals surface area contributed by atoms with Gasteiger partial charge in [-0.3, -0.25) is 4.90 Å². The number of aromatic hydroxyl groups is 1. The van der Waals surface area contributed by atoms with Crippen molar-refractivity contribution in [3.05, 3.63) is 27.7 Å². The number of phenolic OH excluding ortho intramolecular Hbond substituents is 1. The van der Waals surface area contributed by atoms with E-state index < -0.39 is 5.97 Å². The first-order valence-corrected chi connectivity index (χ1v) is 6.99. The van der Waals surface area contributed by atoms with Gasteiger partial charge in [0.05, 0.1) is 23.3 Å². The van der Waals surface area contributed by atoms with E-state index in [2.05, 4.69) is 4.90 Å². The lowest BCUT2D eigenvalue weighted by Crippen LogP contribution is -2.38. The van der Waals surface area contributed by atoms with Crippen molar-refractivity contribution >= 4 is 29.2 Å². The molecule has 1 heterocycles. The molecule has 1 aromatic carbocycles. The Balaban J connectivity index is 1.90. The second-order valence-corrected chi connectivity index (χ2v) is 5.16. The van der Waals surface area contributed by atoms with Crippen molar-refractivity contribution < 1.29 is 19.4 Å². The molecule has 1 aromatic rings. The quantitative estimate of drug-likeness (QED) is 0.862. The maximum Gasteiger partial charge on any atom is 0.343 e. The van der Waals surface area contributed by atoms with E-state index in [4.69, 9.17) is 32.7 Å². The van der Waals surface area contributed by atoms with Crippen LogP contribution in [0.4, 0.5) is 0 Å². The van der Waals surface area contributed by atoms with Gasteiger partial charge in [0.2, 0.25) is 0 Å². The van der Waals surface area contributed by atoms with Crippen LogP contribution in [-0.2, 0) is 9.47 Å². The normalized spacial score (nSPS) is 16.1. The number of ether oxygens (including phenoxy) is 2. The maximum atomic E-state index is 11.9. The Hall–Kier alpha value is -1.01. The van der Waals surface area contributed by atoms with Gasteiger partial charge < -0.3 is 14.6 Å². The minimum Gasteiger partial charge on any atom is -0.505 e. The average molecular weight is 320 g/mol. The fraction of sp³-hybridized carbons (Fsp3) is 0.462. The standard InChI is InChI=1S/C13H15Cl2NO4/c14-9-1-2-10(15)12(17)11(9)13(18)20-8-5-16-3-6-19-7-4-16/h1-2,17H,3-8H2. The molecule has 0 radical (unpaired) electrons. The molecule has 0 amide bonds. The molecule has 1 aliphatic heterocycles. The van der Waals surface area contributed by atoms with E-state index in [1.807, 2.05) is 0 Å². The highest BCUT2D eigenvalue weighted by Gasteiger charge is 2.20. The SMILES string of the molecule is O=C(OCCN1CCOCC1)c1c(Cl)ccc(Cl)c1O. The summed E-state index contributed by atoms with van der Waals surface area (Å²) in [5, 5.41) is 9.93. The van der Waals surface area contributed by atoms with Crippen molar-refractivity contribution in [1.82, 2.24) is 4.90 Å². The predicted octanol–water partition coefficient (Wildman–Crippen LogP) is 2.19. The zero-order valence-corrected chi connectivity index (χ0v) is 12.3. The second-order valence-electron chi connectivity index (χ2n) is 4.34. The Bertz CT molecular complexity index is 490. The third kappa shape index (κ3) is 3.76. The molecule has 20 heavy (non-hydrogen) atoms. The molecule has 1 N–H and O–H groups in total. The van der Waals surface area contributed by atoms with E-state index in [0.29, 0.717) is 19.8 Å². The summed E-state index contributed by atoms with van der Waals surface area (Å²) in [6, 6.07) is 2.87. The Labute approximate surface area is 127 Å². The van der Waals surface area contributed by atoms with Crippen LogP contribution in [0.1, 0.15) is 10.4 Å². The molecular formula is C13H15Cl2NO4. The first kappa shape index (κ1) is 15.4. The van der Waals surface area contributed by atoms with Gasteiger partial charge in [-0.05, 0) is 12.1 Å². The zero-order valence-electron chi connectivity index (χ0n) is 10.8. The van der Waals surface area contributed by atoms with E-state index in [9.17, 15) is 9.90 Å². The number of phenols is 1. The monoisotopic (exact) mass is 319 g/mol. The molecule has 0 atom stereocenters. The van der Waals surface area contributed by atoms with Crippen LogP contribution >= 0.6 is 23.2 Å². The van der Waals surface area contributed by atoms with Crippen LogP contribution in [0.5, 0.6) is 5.75 Å². The number of hydrogen-bond donors (Lipinski definition) is 1. The molecule has 1 saturated heterocycles. The van der Waals surface area contributed by atoms with Crippen molar-refractivity contribution in [2.75, 3.05) is 39.5 Å². The van der Waals surface area contributed by atoms with Crippen LogP contribution in [0.25, 0.3) is 0 Å². The summed E-state index contributed by atoms with van der Waals surface area (Å²) in [5.41, 5.74) is -0.0962. The minimum absolute atomic E-state index is 0.0644. The summed E-state index contributed by atoms with van der Waals surface area (Å²) in [6.45, 7) is 3.86. The lowest BCUT2D eigenvalue weighted by molar-refractivity contribution is 0.0194.